The van der Waals surface area contributed by atoms with Crippen LogP contribution in [0.15, 0.2) is 53.4 Å². The van der Waals surface area contributed by atoms with Crippen LogP contribution in [0.25, 0.3) is 0 Å². The summed E-state index contributed by atoms with van der Waals surface area (Å²) in [5, 5.41) is 17.9. The van der Waals surface area contributed by atoms with E-state index in [1.54, 1.807) is 36.0 Å². The first kappa shape index (κ1) is 12.5. The van der Waals surface area contributed by atoms with E-state index in [2.05, 4.69) is 0 Å². The Balaban J connectivity index is 1.97. The van der Waals surface area contributed by atoms with Gasteiger partial charge in [0.2, 0.25) is 0 Å². The Morgan fingerprint density at radius 2 is 1.61 bits per heavy atom. The first-order chi connectivity index (χ1) is 8.65. The molecule has 18 heavy (non-hydrogen) atoms. The molecule has 2 aromatic carbocycles. The molecule has 0 saturated carbocycles. The molecular formula is C14H12O3S. The summed E-state index contributed by atoms with van der Waals surface area (Å²) in [4.78, 5) is 11.8. The van der Waals surface area contributed by atoms with Crippen molar-refractivity contribution in [1.82, 2.24) is 0 Å². The van der Waals surface area contributed by atoms with Gasteiger partial charge in [-0.05, 0) is 42.0 Å². The van der Waals surface area contributed by atoms with Gasteiger partial charge in [-0.2, -0.15) is 0 Å². The molecule has 0 aliphatic carbocycles. The summed E-state index contributed by atoms with van der Waals surface area (Å²) in [5.41, 5.74) is 1.37. The van der Waals surface area contributed by atoms with Crippen LogP contribution in [0.1, 0.15) is 15.9 Å². The number of carbonyl (C=O) groups is 1. The molecule has 0 aliphatic heterocycles. The minimum atomic E-state index is -0.910. The molecule has 0 saturated heterocycles. The second-order valence-electron chi connectivity index (χ2n) is 3.78. The lowest BCUT2D eigenvalue weighted by atomic mass is 10.1. The number of hydrogen-bond donors (Lipinski definition) is 2. The quantitative estimate of drug-likeness (QED) is 0.827. The highest BCUT2D eigenvalue weighted by Gasteiger charge is 2.02. The molecule has 3 nitrogen and oxygen atoms in total. The maximum absolute atomic E-state index is 10.7. The van der Waals surface area contributed by atoms with Crippen LogP contribution >= 0.6 is 11.8 Å². The van der Waals surface area contributed by atoms with Gasteiger partial charge in [-0.25, -0.2) is 4.79 Å². The molecule has 0 heterocycles. The van der Waals surface area contributed by atoms with Gasteiger partial charge < -0.3 is 10.2 Å². The molecule has 0 spiro atoms. The number of benzene rings is 2. The van der Waals surface area contributed by atoms with E-state index in [0.717, 1.165) is 16.2 Å². The highest BCUT2D eigenvalue weighted by atomic mass is 32.2. The maximum atomic E-state index is 10.7. The number of rotatable bonds is 4. The number of carboxylic acid groups (broad SMARTS) is 1. The monoisotopic (exact) mass is 260 g/mol. The maximum Gasteiger partial charge on any atom is 0.335 e. The summed E-state index contributed by atoms with van der Waals surface area (Å²) in [6, 6.07) is 13.8. The van der Waals surface area contributed by atoms with Gasteiger partial charge in [-0.15, -0.1) is 11.8 Å². The average Bonchev–Trinajstić information content (AvgIpc) is 2.38. The summed E-state index contributed by atoms with van der Waals surface area (Å²) in [6.07, 6.45) is 0. The summed E-state index contributed by atoms with van der Waals surface area (Å²) in [5.74, 6) is 0.114. The lowest BCUT2D eigenvalue weighted by Crippen LogP contribution is -1.95. The third kappa shape index (κ3) is 3.28. The second kappa shape index (κ2) is 5.60. The van der Waals surface area contributed by atoms with Gasteiger partial charge in [0, 0.05) is 10.6 Å². The van der Waals surface area contributed by atoms with E-state index >= 15 is 0 Å². The molecule has 0 radical (unpaired) electrons. The van der Waals surface area contributed by atoms with E-state index in [0.29, 0.717) is 5.56 Å². The van der Waals surface area contributed by atoms with Crippen LogP contribution in [-0.4, -0.2) is 16.2 Å². The van der Waals surface area contributed by atoms with Crippen molar-refractivity contribution in [2.24, 2.45) is 0 Å². The van der Waals surface area contributed by atoms with Crippen LogP contribution in [0.3, 0.4) is 0 Å². The Morgan fingerprint density at radius 3 is 2.17 bits per heavy atom. The van der Waals surface area contributed by atoms with E-state index in [1.165, 1.54) is 0 Å². The second-order valence-corrected chi connectivity index (χ2v) is 4.83. The van der Waals surface area contributed by atoms with E-state index in [4.69, 9.17) is 10.2 Å². The molecule has 2 N–H and O–H groups in total. The molecule has 0 aromatic heterocycles. The molecule has 4 heteroatoms. The SMILES string of the molecule is O=C(O)c1ccc(CSc2ccc(O)cc2)cc1. The van der Waals surface area contributed by atoms with E-state index in [1.807, 2.05) is 24.3 Å². The van der Waals surface area contributed by atoms with Crippen LogP contribution < -0.4 is 0 Å². The van der Waals surface area contributed by atoms with Crippen molar-refractivity contribution in [3.63, 3.8) is 0 Å². The summed E-state index contributed by atoms with van der Waals surface area (Å²) < 4.78 is 0. The molecular weight excluding hydrogens is 248 g/mol. The van der Waals surface area contributed by atoms with Crippen molar-refractivity contribution in [1.29, 1.82) is 0 Å². The third-order valence-corrected chi connectivity index (χ3v) is 3.53. The van der Waals surface area contributed by atoms with Crippen LogP contribution in [0.2, 0.25) is 0 Å². The predicted octanol–water partition coefficient (Wildman–Crippen LogP) is 3.38. The molecule has 92 valence electrons. The third-order valence-electron chi connectivity index (χ3n) is 2.44. The molecule has 0 unspecified atom stereocenters. The van der Waals surface area contributed by atoms with Crippen LogP contribution in [0.5, 0.6) is 5.75 Å². The largest absolute Gasteiger partial charge is 0.508 e. The van der Waals surface area contributed by atoms with Gasteiger partial charge in [-0.3, -0.25) is 0 Å². The lowest BCUT2D eigenvalue weighted by Gasteiger charge is -2.03. The van der Waals surface area contributed by atoms with Gasteiger partial charge in [0.15, 0.2) is 0 Å². The summed E-state index contributed by atoms with van der Waals surface area (Å²) in [7, 11) is 0. The smallest absolute Gasteiger partial charge is 0.335 e. The number of hydrogen-bond acceptors (Lipinski definition) is 3. The van der Waals surface area contributed by atoms with E-state index in [9.17, 15) is 4.79 Å². The van der Waals surface area contributed by atoms with Crippen molar-refractivity contribution in [3.8, 4) is 5.75 Å². The minimum Gasteiger partial charge on any atom is -0.508 e. The van der Waals surface area contributed by atoms with Crippen molar-refractivity contribution in [3.05, 3.63) is 59.7 Å². The van der Waals surface area contributed by atoms with Gasteiger partial charge >= 0.3 is 5.97 Å². The van der Waals surface area contributed by atoms with E-state index in [-0.39, 0.29) is 5.75 Å². The van der Waals surface area contributed by atoms with Crippen LogP contribution in [0, 0.1) is 0 Å². The first-order valence-electron chi connectivity index (χ1n) is 5.39. The van der Waals surface area contributed by atoms with Crippen molar-refractivity contribution >= 4 is 17.7 Å². The normalized spacial score (nSPS) is 10.2. The Bertz CT molecular complexity index is 532. The lowest BCUT2D eigenvalue weighted by molar-refractivity contribution is 0.0697. The number of aromatic hydroxyl groups is 1. The fraction of sp³-hybridized carbons (Fsp3) is 0.0714. The van der Waals surface area contributed by atoms with Crippen LogP contribution in [0.4, 0.5) is 0 Å². The Hall–Kier alpha value is -1.94. The predicted molar refractivity (Wildman–Crippen MR) is 71.1 cm³/mol. The average molecular weight is 260 g/mol. The zero-order valence-electron chi connectivity index (χ0n) is 9.54. The fourth-order valence-electron chi connectivity index (χ4n) is 1.45. The molecule has 0 amide bonds. The number of phenolic OH excluding ortho intramolecular Hbond substituents is 1. The molecule has 0 bridgehead atoms. The molecule has 0 fully saturated rings. The molecule has 2 rings (SSSR count). The van der Waals surface area contributed by atoms with E-state index < -0.39 is 5.97 Å². The van der Waals surface area contributed by atoms with Crippen LogP contribution in [-0.2, 0) is 5.75 Å². The van der Waals surface area contributed by atoms with Crippen molar-refractivity contribution in [2.45, 2.75) is 10.6 Å². The highest BCUT2D eigenvalue weighted by Crippen LogP contribution is 2.24. The molecule has 0 aliphatic rings. The van der Waals surface area contributed by atoms with Crippen molar-refractivity contribution in [2.75, 3.05) is 0 Å². The summed E-state index contributed by atoms with van der Waals surface area (Å²) in [6.45, 7) is 0. The number of aromatic carboxylic acids is 1. The topological polar surface area (TPSA) is 57.5 Å². The summed E-state index contributed by atoms with van der Waals surface area (Å²) >= 11 is 1.64. The van der Waals surface area contributed by atoms with Crippen molar-refractivity contribution < 1.29 is 15.0 Å². The van der Waals surface area contributed by atoms with Gasteiger partial charge in [0.1, 0.15) is 5.75 Å². The Labute approximate surface area is 109 Å². The zero-order chi connectivity index (χ0) is 13.0. The van der Waals surface area contributed by atoms with Gasteiger partial charge in [0.05, 0.1) is 5.56 Å². The molecule has 0 atom stereocenters. The number of phenols is 1. The van der Waals surface area contributed by atoms with Gasteiger partial charge in [0.25, 0.3) is 0 Å². The first-order valence-corrected chi connectivity index (χ1v) is 6.38. The Kier molecular flexibility index (Phi) is 3.89. The fourth-order valence-corrected chi connectivity index (χ4v) is 2.31. The number of thioether (sulfide) groups is 1. The number of carboxylic acids is 1. The highest BCUT2D eigenvalue weighted by molar-refractivity contribution is 7.98. The minimum absolute atomic E-state index is 0.255. The molecule has 2 aromatic rings. The zero-order valence-corrected chi connectivity index (χ0v) is 10.4. The standard InChI is InChI=1S/C14H12O3S/c15-12-5-7-13(8-6-12)18-9-10-1-3-11(4-2-10)14(16)17/h1-8,15H,9H2,(H,16,17). The van der Waals surface area contributed by atoms with Gasteiger partial charge in [-0.1, -0.05) is 12.1 Å². The Morgan fingerprint density at radius 1 is 1.00 bits per heavy atom.